The minimum Gasteiger partial charge on any atom is -0.462 e. The second kappa shape index (κ2) is 5.49. The summed E-state index contributed by atoms with van der Waals surface area (Å²) in [7, 11) is 0. The molecule has 0 bridgehead atoms. The summed E-state index contributed by atoms with van der Waals surface area (Å²) in [6.45, 7) is 2.14. The number of hydrogen-bond donors (Lipinski definition) is 0. The van der Waals surface area contributed by atoms with Crippen molar-refractivity contribution >= 4 is 5.69 Å². The van der Waals surface area contributed by atoms with Crippen LogP contribution in [0, 0.1) is 10.1 Å². The molecule has 2 rings (SSSR count). The highest BCUT2D eigenvalue weighted by molar-refractivity contribution is 5.37. The van der Waals surface area contributed by atoms with E-state index in [1.54, 1.807) is 12.1 Å². The van der Waals surface area contributed by atoms with Crippen LogP contribution in [0.4, 0.5) is 5.69 Å². The Kier molecular flexibility index (Phi) is 3.77. The summed E-state index contributed by atoms with van der Waals surface area (Å²) in [4.78, 5) is 10.1. The molecule has 0 amide bonds. The Hall–Kier alpha value is -2.10. The highest BCUT2D eigenvalue weighted by Crippen LogP contribution is 2.25. The van der Waals surface area contributed by atoms with Crippen molar-refractivity contribution in [1.82, 2.24) is 0 Å². The van der Waals surface area contributed by atoms with E-state index < -0.39 is 4.92 Å². The lowest BCUT2D eigenvalue weighted by Crippen LogP contribution is -2.00. The van der Waals surface area contributed by atoms with Crippen molar-refractivity contribution in [3.05, 3.63) is 57.9 Å². The number of non-ortho nitro benzene ring substituents is 1. The molecule has 0 radical (unpaired) electrons. The van der Waals surface area contributed by atoms with Gasteiger partial charge < -0.3 is 4.74 Å². The van der Waals surface area contributed by atoms with Crippen molar-refractivity contribution in [3.63, 3.8) is 0 Å². The first-order chi connectivity index (χ1) is 8.69. The predicted molar refractivity (Wildman–Crippen MR) is 69.4 cm³/mol. The fourth-order valence-corrected chi connectivity index (χ4v) is 1.83. The molecule has 0 spiro atoms. The summed E-state index contributed by atoms with van der Waals surface area (Å²) < 4.78 is 5.68. The lowest BCUT2D eigenvalue weighted by Gasteiger charge is -2.14. The Morgan fingerprint density at radius 3 is 2.44 bits per heavy atom. The second-order valence-electron chi connectivity index (χ2n) is 4.16. The second-order valence-corrected chi connectivity index (χ2v) is 4.16. The predicted octanol–water partition coefficient (Wildman–Crippen LogP) is 3.99. The molecule has 1 aromatic carbocycles. The zero-order valence-corrected chi connectivity index (χ0v) is 10.3. The number of ether oxygens (including phenoxy) is 1. The molecule has 0 heterocycles. The number of benzene rings is 1. The molecular weight excluding hydrogens is 230 g/mol. The van der Waals surface area contributed by atoms with E-state index in [9.17, 15) is 10.1 Å². The molecule has 1 aliphatic rings. The van der Waals surface area contributed by atoms with Crippen molar-refractivity contribution < 1.29 is 9.66 Å². The van der Waals surface area contributed by atoms with E-state index >= 15 is 0 Å². The van der Waals surface area contributed by atoms with Crippen LogP contribution < -0.4 is 4.74 Å². The summed E-state index contributed by atoms with van der Waals surface area (Å²) in [6, 6.07) is 6.15. The third-order valence-electron chi connectivity index (χ3n) is 2.95. The van der Waals surface area contributed by atoms with Gasteiger partial charge in [-0.05, 0) is 31.1 Å². The Balaban J connectivity index is 2.04. The van der Waals surface area contributed by atoms with Crippen LogP contribution in [0.3, 0.4) is 0 Å². The van der Waals surface area contributed by atoms with Gasteiger partial charge in [0.05, 0.1) is 4.92 Å². The molecule has 0 atom stereocenters. The first kappa shape index (κ1) is 12.4. The number of nitrogens with zero attached hydrogens (tertiary/aromatic N) is 1. The highest BCUT2D eigenvalue weighted by Gasteiger charge is 2.09. The van der Waals surface area contributed by atoms with Crippen LogP contribution in [0.1, 0.15) is 26.2 Å². The zero-order chi connectivity index (χ0) is 13.0. The molecule has 0 aliphatic heterocycles. The molecule has 0 aromatic heterocycles. The van der Waals surface area contributed by atoms with E-state index in [0.717, 1.165) is 25.0 Å². The topological polar surface area (TPSA) is 52.4 Å². The van der Waals surface area contributed by atoms with Crippen LogP contribution in [-0.4, -0.2) is 4.92 Å². The van der Waals surface area contributed by atoms with Gasteiger partial charge >= 0.3 is 0 Å². The molecule has 94 valence electrons. The standard InChI is InChI=1S/C14H15NO3/c1-2-11-3-7-13(8-4-11)18-14-9-5-12(6-10-14)15(16)17/h3,5-7,9-10H,2,4,8H2,1H3. The highest BCUT2D eigenvalue weighted by atomic mass is 16.6. The van der Waals surface area contributed by atoms with E-state index in [1.807, 2.05) is 6.08 Å². The molecule has 0 saturated carbocycles. The normalized spacial score (nSPS) is 14.7. The largest absolute Gasteiger partial charge is 0.462 e. The third-order valence-corrected chi connectivity index (χ3v) is 2.95. The van der Waals surface area contributed by atoms with E-state index in [1.165, 1.54) is 17.7 Å². The molecule has 0 saturated heterocycles. The fraction of sp³-hybridized carbons (Fsp3) is 0.286. The van der Waals surface area contributed by atoms with Crippen LogP contribution >= 0.6 is 0 Å². The summed E-state index contributed by atoms with van der Waals surface area (Å²) >= 11 is 0. The van der Waals surface area contributed by atoms with Crippen molar-refractivity contribution in [2.24, 2.45) is 0 Å². The van der Waals surface area contributed by atoms with Gasteiger partial charge in [0.25, 0.3) is 5.69 Å². The lowest BCUT2D eigenvalue weighted by molar-refractivity contribution is -0.384. The molecule has 4 nitrogen and oxygen atoms in total. The molecule has 1 aliphatic carbocycles. The Morgan fingerprint density at radius 1 is 1.22 bits per heavy atom. The van der Waals surface area contributed by atoms with Crippen molar-refractivity contribution in [2.75, 3.05) is 0 Å². The van der Waals surface area contributed by atoms with Gasteiger partial charge in [-0.25, -0.2) is 0 Å². The smallest absolute Gasteiger partial charge is 0.269 e. The molecule has 18 heavy (non-hydrogen) atoms. The first-order valence-electron chi connectivity index (χ1n) is 6.00. The van der Waals surface area contributed by atoms with E-state index in [-0.39, 0.29) is 5.69 Å². The van der Waals surface area contributed by atoms with Gasteiger partial charge in [-0.15, -0.1) is 0 Å². The van der Waals surface area contributed by atoms with E-state index in [0.29, 0.717) is 5.75 Å². The van der Waals surface area contributed by atoms with Crippen LogP contribution in [-0.2, 0) is 0 Å². The Morgan fingerprint density at radius 2 is 1.94 bits per heavy atom. The third kappa shape index (κ3) is 2.97. The Bertz CT molecular complexity index is 500. The van der Waals surface area contributed by atoms with Gasteiger partial charge in [-0.3, -0.25) is 10.1 Å². The van der Waals surface area contributed by atoms with E-state index in [4.69, 9.17) is 4.74 Å². The van der Waals surface area contributed by atoms with Crippen molar-refractivity contribution in [1.29, 1.82) is 0 Å². The van der Waals surface area contributed by atoms with Gasteiger partial charge in [0, 0.05) is 18.6 Å². The van der Waals surface area contributed by atoms with Gasteiger partial charge in [0.2, 0.25) is 0 Å². The maximum atomic E-state index is 10.5. The van der Waals surface area contributed by atoms with Crippen LogP contribution in [0.15, 0.2) is 47.7 Å². The number of rotatable bonds is 4. The van der Waals surface area contributed by atoms with Crippen molar-refractivity contribution in [2.45, 2.75) is 26.2 Å². The van der Waals surface area contributed by atoms with Crippen LogP contribution in [0.2, 0.25) is 0 Å². The zero-order valence-electron chi connectivity index (χ0n) is 10.3. The van der Waals surface area contributed by atoms with Crippen LogP contribution in [0.25, 0.3) is 0 Å². The number of nitro benzene ring substituents is 1. The minimum atomic E-state index is -0.417. The summed E-state index contributed by atoms with van der Waals surface area (Å²) in [6.07, 6.45) is 7.04. The first-order valence-corrected chi connectivity index (χ1v) is 6.00. The lowest BCUT2D eigenvalue weighted by atomic mass is 10.0. The Labute approximate surface area is 106 Å². The minimum absolute atomic E-state index is 0.0770. The van der Waals surface area contributed by atoms with Gasteiger partial charge in [-0.2, -0.15) is 0 Å². The molecule has 0 unspecified atom stereocenters. The fourth-order valence-electron chi connectivity index (χ4n) is 1.83. The maximum absolute atomic E-state index is 10.5. The number of hydrogen-bond acceptors (Lipinski definition) is 3. The van der Waals surface area contributed by atoms with E-state index in [2.05, 4.69) is 13.0 Å². The molecule has 1 aromatic rings. The quantitative estimate of drug-likeness (QED) is 0.595. The maximum Gasteiger partial charge on any atom is 0.269 e. The average Bonchev–Trinajstić information content (AvgIpc) is 2.40. The number of allylic oxidation sites excluding steroid dienone is 4. The number of nitro groups is 1. The molecule has 4 heteroatoms. The average molecular weight is 245 g/mol. The summed E-state index contributed by atoms with van der Waals surface area (Å²) in [5.74, 6) is 1.54. The SMILES string of the molecule is CCC1=CC=C(Oc2ccc([N+](=O)[O-])cc2)CC1. The summed E-state index contributed by atoms with van der Waals surface area (Å²) in [5, 5.41) is 10.5. The molecule has 0 N–H and O–H groups in total. The van der Waals surface area contributed by atoms with Gasteiger partial charge in [0.1, 0.15) is 11.5 Å². The van der Waals surface area contributed by atoms with Gasteiger partial charge in [-0.1, -0.05) is 18.6 Å². The monoisotopic (exact) mass is 245 g/mol. The molecular formula is C14H15NO3. The molecule has 0 fully saturated rings. The van der Waals surface area contributed by atoms with Gasteiger partial charge in [0.15, 0.2) is 0 Å². The summed E-state index contributed by atoms with van der Waals surface area (Å²) in [5.41, 5.74) is 1.50. The van der Waals surface area contributed by atoms with Crippen LogP contribution in [0.5, 0.6) is 5.75 Å². The van der Waals surface area contributed by atoms with Crippen molar-refractivity contribution in [3.8, 4) is 5.75 Å².